The van der Waals surface area contributed by atoms with Gasteiger partial charge in [0.05, 0.1) is 0 Å². The topological polar surface area (TPSA) is 61.5 Å². The van der Waals surface area contributed by atoms with E-state index in [-0.39, 0.29) is 5.91 Å². The molecule has 37 heavy (non-hydrogen) atoms. The van der Waals surface area contributed by atoms with Crippen LogP contribution in [-0.4, -0.2) is 65.6 Å². The Bertz CT molecular complexity index is 1450. The second-order valence-corrected chi connectivity index (χ2v) is 10.6. The van der Waals surface area contributed by atoms with Crippen molar-refractivity contribution in [3.05, 3.63) is 77.1 Å². The minimum absolute atomic E-state index is 0.00703. The van der Waals surface area contributed by atoms with E-state index < -0.39 is 0 Å². The molecule has 0 spiro atoms. The van der Waals surface area contributed by atoms with E-state index >= 15 is 0 Å². The fraction of sp³-hybridized carbons (Fsp3) is 0.355. The molecule has 2 aliphatic rings. The fourth-order valence-corrected chi connectivity index (χ4v) is 5.92. The number of nitrogens with zero attached hydrogens (tertiary/aromatic N) is 3. The van der Waals surface area contributed by atoms with E-state index in [9.17, 15) is 4.79 Å². The zero-order chi connectivity index (χ0) is 25.5. The van der Waals surface area contributed by atoms with Gasteiger partial charge >= 0.3 is 0 Å². The Hall–Kier alpha value is -3.48. The van der Waals surface area contributed by atoms with Gasteiger partial charge in [-0.15, -0.1) is 0 Å². The summed E-state index contributed by atoms with van der Waals surface area (Å²) in [7, 11) is 3.54. The van der Waals surface area contributed by atoms with Crippen LogP contribution in [0.3, 0.4) is 0 Å². The average molecular weight is 495 g/mol. The number of benzene rings is 2. The molecule has 0 radical (unpaired) electrons. The van der Waals surface area contributed by atoms with Crippen LogP contribution in [0, 0.1) is 6.92 Å². The first-order valence-electron chi connectivity index (χ1n) is 13.2. The number of carbonyl (C=O) groups excluding carboxylic acids is 1. The number of aryl methyl sites for hydroxylation is 1. The van der Waals surface area contributed by atoms with Crippen molar-refractivity contribution < 1.29 is 9.53 Å². The lowest BCUT2D eigenvalue weighted by Gasteiger charge is -2.38. The van der Waals surface area contributed by atoms with Crippen LogP contribution in [-0.2, 0) is 17.7 Å². The fourth-order valence-electron chi connectivity index (χ4n) is 5.92. The second-order valence-electron chi connectivity index (χ2n) is 10.6. The third-order valence-electron chi connectivity index (χ3n) is 8.01. The molecular weight excluding hydrogens is 460 g/mol. The first-order valence-corrected chi connectivity index (χ1v) is 13.2. The van der Waals surface area contributed by atoms with Crippen LogP contribution in [0.1, 0.15) is 39.9 Å². The Kier molecular flexibility index (Phi) is 6.31. The highest BCUT2D eigenvalue weighted by molar-refractivity contribution is 5.98. The normalized spacial score (nSPS) is 16.6. The predicted molar refractivity (Wildman–Crippen MR) is 148 cm³/mol. The van der Waals surface area contributed by atoms with Crippen LogP contribution >= 0.6 is 0 Å². The molecule has 6 nitrogen and oxygen atoms in total. The van der Waals surface area contributed by atoms with Crippen molar-refractivity contribution in [2.75, 3.05) is 33.9 Å². The van der Waals surface area contributed by atoms with Crippen molar-refractivity contribution in [1.82, 2.24) is 19.8 Å². The van der Waals surface area contributed by atoms with Gasteiger partial charge in [-0.2, -0.15) is 0 Å². The molecule has 1 amide bonds. The van der Waals surface area contributed by atoms with Gasteiger partial charge in [0.1, 0.15) is 5.65 Å². The number of fused-ring (bicyclic) bond motifs is 2. The van der Waals surface area contributed by atoms with Crippen molar-refractivity contribution in [3.63, 3.8) is 0 Å². The van der Waals surface area contributed by atoms with E-state index in [0.29, 0.717) is 11.6 Å². The van der Waals surface area contributed by atoms with Gasteiger partial charge in [0.25, 0.3) is 5.91 Å². The number of hydrogen-bond donors (Lipinski definition) is 1. The Morgan fingerprint density at radius 1 is 1.05 bits per heavy atom. The maximum atomic E-state index is 12.3. The van der Waals surface area contributed by atoms with Crippen molar-refractivity contribution in [2.24, 2.45) is 0 Å². The Labute approximate surface area is 218 Å². The largest absolute Gasteiger partial charge is 0.381 e. The van der Waals surface area contributed by atoms with Gasteiger partial charge in [-0.25, -0.2) is 4.98 Å². The number of carbonyl (C=O) groups is 1. The number of hydrogen-bond acceptors (Lipinski definition) is 4. The smallest absolute Gasteiger partial charge is 0.253 e. The quantitative estimate of drug-likeness (QED) is 0.410. The van der Waals surface area contributed by atoms with Gasteiger partial charge < -0.3 is 14.6 Å². The Balaban J connectivity index is 1.32. The molecule has 0 aliphatic carbocycles. The number of pyridine rings is 1. The zero-order valence-electron chi connectivity index (χ0n) is 21.9. The number of rotatable bonds is 4. The minimum Gasteiger partial charge on any atom is -0.381 e. The molecule has 0 bridgehead atoms. The van der Waals surface area contributed by atoms with E-state index in [1.807, 2.05) is 36.7 Å². The molecule has 2 aromatic carbocycles. The van der Waals surface area contributed by atoms with Crippen LogP contribution < -0.4 is 0 Å². The van der Waals surface area contributed by atoms with Gasteiger partial charge in [-0.1, -0.05) is 18.2 Å². The average Bonchev–Trinajstić information content (AvgIpc) is 3.36. The number of amides is 1. The molecule has 0 saturated carbocycles. The van der Waals surface area contributed by atoms with Gasteiger partial charge in [0, 0.05) is 80.9 Å². The second kappa shape index (κ2) is 9.77. The summed E-state index contributed by atoms with van der Waals surface area (Å²) in [5.41, 5.74) is 10.4. The van der Waals surface area contributed by atoms with Gasteiger partial charge in [-0.3, -0.25) is 9.69 Å². The van der Waals surface area contributed by atoms with Crippen molar-refractivity contribution >= 4 is 16.9 Å². The number of ether oxygens (including phenoxy) is 1. The lowest BCUT2D eigenvalue weighted by molar-refractivity contribution is 0.0290. The summed E-state index contributed by atoms with van der Waals surface area (Å²) in [6.45, 7) is 6.16. The Morgan fingerprint density at radius 3 is 2.59 bits per heavy atom. The summed E-state index contributed by atoms with van der Waals surface area (Å²) in [6, 6.07) is 15.4. The van der Waals surface area contributed by atoms with E-state index in [1.165, 1.54) is 22.3 Å². The van der Waals surface area contributed by atoms with Crippen molar-refractivity contribution in [2.45, 2.75) is 38.8 Å². The third-order valence-corrected chi connectivity index (χ3v) is 8.01. The summed E-state index contributed by atoms with van der Waals surface area (Å²) >= 11 is 0. The molecule has 1 fully saturated rings. The van der Waals surface area contributed by atoms with Crippen LogP contribution in [0.4, 0.5) is 0 Å². The molecule has 4 heterocycles. The SMILES string of the molecule is Cc1cc(-c2cnc3[nH]cc(-c4ccc(C(=O)N(C)C)cc4)c3c2)cc2c1CCN(C1CCOCC1)C2. The minimum atomic E-state index is 0.00703. The maximum Gasteiger partial charge on any atom is 0.253 e. The number of H-pyrrole nitrogens is 1. The van der Waals surface area contributed by atoms with E-state index in [4.69, 9.17) is 9.72 Å². The van der Waals surface area contributed by atoms with E-state index in [0.717, 1.165) is 73.3 Å². The van der Waals surface area contributed by atoms with Gasteiger partial charge in [0.15, 0.2) is 0 Å². The molecule has 6 heteroatoms. The van der Waals surface area contributed by atoms with Gasteiger partial charge in [0.2, 0.25) is 0 Å². The van der Waals surface area contributed by atoms with Gasteiger partial charge in [-0.05, 0) is 78.3 Å². The molecule has 2 aromatic heterocycles. The molecule has 1 saturated heterocycles. The van der Waals surface area contributed by atoms with Crippen LogP contribution in [0.15, 0.2) is 54.9 Å². The monoisotopic (exact) mass is 494 g/mol. The summed E-state index contributed by atoms with van der Waals surface area (Å²) in [4.78, 5) is 24.6. The highest BCUT2D eigenvalue weighted by atomic mass is 16.5. The molecule has 6 rings (SSSR count). The molecular formula is C31H34N4O2. The van der Waals surface area contributed by atoms with E-state index in [2.05, 4.69) is 35.0 Å². The van der Waals surface area contributed by atoms with Crippen LogP contribution in [0.25, 0.3) is 33.3 Å². The molecule has 4 aromatic rings. The lowest BCUT2D eigenvalue weighted by atomic mass is 9.89. The summed E-state index contributed by atoms with van der Waals surface area (Å²) in [6.07, 6.45) is 7.37. The molecule has 0 atom stereocenters. The van der Waals surface area contributed by atoms with E-state index in [1.54, 1.807) is 19.0 Å². The number of aromatic amines is 1. The first kappa shape index (κ1) is 23.9. The van der Waals surface area contributed by atoms with Crippen LogP contribution in [0.2, 0.25) is 0 Å². The highest BCUT2D eigenvalue weighted by Crippen LogP contribution is 2.34. The summed E-state index contributed by atoms with van der Waals surface area (Å²) in [5.74, 6) is 0.00703. The van der Waals surface area contributed by atoms with Crippen molar-refractivity contribution in [3.8, 4) is 22.3 Å². The zero-order valence-corrected chi connectivity index (χ0v) is 21.9. The molecule has 2 aliphatic heterocycles. The predicted octanol–water partition coefficient (Wildman–Crippen LogP) is 5.44. The summed E-state index contributed by atoms with van der Waals surface area (Å²) < 4.78 is 5.60. The number of nitrogens with one attached hydrogen (secondary N) is 1. The van der Waals surface area contributed by atoms with Crippen molar-refractivity contribution in [1.29, 1.82) is 0 Å². The lowest BCUT2D eigenvalue weighted by Crippen LogP contribution is -2.42. The highest BCUT2D eigenvalue weighted by Gasteiger charge is 2.26. The standard InChI is InChI=1S/C31H34N4O2/c1-20-14-23(15-25-19-35(11-8-27(20)25)26-9-12-37-13-10-26)24-16-28-29(18-33-30(28)32-17-24)21-4-6-22(7-5-21)31(36)34(2)3/h4-7,14-18,26H,8-13,19H2,1-3H3,(H,32,33). The first-order chi connectivity index (χ1) is 18.0. The maximum absolute atomic E-state index is 12.3. The number of aromatic nitrogens is 2. The molecule has 0 unspecified atom stereocenters. The molecule has 190 valence electrons. The van der Waals surface area contributed by atoms with Crippen LogP contribution in [0.5, 0.6) is 0 Å². The molecule has 1 N–H and O–H groups in total. The third kappa shape index (κ3) is 4.56. The Morgan fingerprint density at radius 2 is 1.84 bits per heavy atom. The summed E-state index contributed by atoms with van der Waals surface area (Å²) in [5, 5.41) is 1.09.